The fourth-order valence-electron chi connectivity index (χ4n) is 2.91. The third-order valence-electron chi connectivity index (χ3n) is 4.50. The van der Waals surface area contributed by atoms with E-state index in [9.17, 15) is 9.59 Å². The Morgan fingerprint density at radius 1 is 1.17 bits per heavy atom. The molecule has 2 aromatic rings. The molecule has 0 saturated carbocycles. The Kier molecular flexibility index (Phi) is 4.71. The largest absolute Gasteiger partial charge is 0.326 e. The summed E-state index contributed by atoms with van der Waals surface area (Å²) in [4.78, 5) is 26.6. The number of para-hydroxylation sites is 1. The van der Waals surface area contributed by atoms with Crippen molar-refractivity contribution in [1.82, 2.24) is 0 Å². The van der Waals surface area contributed by atoms with Crippen LogP contribution in [0.4, 0.5) is 11.4 Å². The Morgan fingerprint density at radius 3 is 2.67 bits per heavy atom. The number of hydrogen-bond donors (Lipinski definition) is 1. The van der Waals surface area contributed by atoms with Crippen molar-refractivity contribution in [1.29, 1.82) is 0 Å². The minimum absolute atomic E-state index is 0.0250. The monoisotopic (exact) mass is 386 g/mol. The van der Waals surface area contributed by atoms with Crippen molar-refractivity contribution in [2.24, 2.45) is 5.92 Å². The molecule has 1 aliphatic heterocycles. The van der Waals surface area contributed by atoms with E-state index in [0.717, 1.165) is 27.0 Å². The third-order valence-corrected chi connectivity index (χ3v) is 5.17. The molecular weight excluding hydrogens is 368 g/mol. The van der Waals surface area contributed by atoms with Crippen LogP contribution in [0.3, 0.4) is 0 Å². The predicted molar refractivity (Wildman–Crippen MR) is 99.1 cm³/mol. The molecule has 1 aliphatic rings. The molecule has 2 amide bonds. The van der Waals surface area contributed by atoms with Crippen LogP contribution >= 0.6 is 15.9 Å². The maximum absolute atomic E-state index is 12.6. The molecule has 5 heteroatoms. The van der Waals surface area contributed by atoms with Gasteiger partial charge in [0.05, 0.1) is 11.6 Å². The SMILES string of the molecule is Cc1cccc(NC(=O)C2CC(=O)N(c3ccccc3Br)C2)c1C. The number of halogens is 1. The van der Waals surface area contributed by atoms with Gasteiger partial charge in [0, 0.05) is 23.1 Å². The van der Waals surface area contributed by atoms with E-state index in [2.05, 4.69) is 21.2 Å². The molecule has 1 unspecified atom stereocenters. The lowest BCUT2D eigenvalue weighted by Gasteiger charge is -2.18. The first-order valence-electron chi connectivity index (χ1n) is 7.89. The number of benzene rings is 2. The normalized spacial score (nSPS) is 17.2. The van der Waals surface area contributed by atoms with E-state index in [1.807, 2.05) is 56.3 Å². The van der Waals surface area contributed by atoms with Gasteiger partial charge in [-0.2, -0.15) is 0 Å². The smallest absolute Gasteiger partial charge is 0.229 e. The van der Waals surface area contributed by atoms with Crippen LogP contribution in [0.5, 0.6) is 0 Å². The van der Waals surface area contributed by atoms with Crippen LogP contribution in [0, 0.1) is 19.8 Å². The second kappa shape index (κ2) is 6.77. The zero-order chi connectivity index (χ0) is 17.3. The second-order valence-corrected chi connectivity index (χ2v) is 6.95. The van der Waals surface area contributed by atoms with Gasteiger partial charge in [0.25, 0.3) is 0 Å². The van der Waals surface area contributed by atoms with Crippen molar-refractivity contribution in [3.63, 3.8) is 0 Å². The Labute approximate surface area is 150 Å². The van der Waals surface area contributed by atoms with Gasteiger partial charge < -0.3 is 10.2 Å². The highest BCUT2D eigenvalue weighted by molar-refractivity contribution is 9.10. The van der Waals surface area contributed by atoms with E-state index in [1.165, 1.54) is 0 Å². The highest BCUT2D eigenvalue weighted by atomic mass is 79.9. The summed E-state index contributed by atoms with van der Waals surface area (Å²) in [7, 11) is 0. The molecule has 3 rings (SSSR count). The van der Waals surface area contributed by atoms with Crippen LogP contribution in [-0.4, -0.2) is 18.4 Å². The Bertz CT molecular complexity index is 804. The van der Waals surface area contributed by atoms with Crippen molar-refractivity contribution in [3.8, 4) is 0 Å². The first-order valence-corrected chi connectivity index (χ1v) is 8.68. The van der Waals surface area contributed by atoms with Crippen LogP contribution in [0.1, 0.15) is 17.5 Å². The van der Waals surface area contributed by atoms with Crippen LogP contribution in [0.25, 0.3) is 0 Å². The average molecular weight is 387 g/mol. The van der Waals surface area contributed by atoms with Crippen molar-refractivity contribution >= 4 is 39.1 Å². The predicted octanol–water partition coefficient (Wildman–Crippen LogP) is 4.06. The molecule has 0 aromatic heterocycles. The molecule has 1 heterocycles. The number of carbonyl (C=O) groups excluding carboxylic acids is 2. The van der Waals surface area contributed by atoms with Crippen LogP contribution < -0.4 is 10.2 Å². The molecule has 24 heavy (non-hydrogen) atoms. The summed E-state index contributed by atoms with van der Waals surface area (Å²) in [5.41, 5.74) is 3.80. The van der Waals surface area contributed by atoms with E-state index in [-0.39, 0.29) is 24.2 Å². The van der Waals surface area contributed by atoms with Gasteiger partial charge in [-0.1, -0.05) is 24.3 Å². The lowest BCUT2D eigenvalue weighted by Crippen LogP contribution is -2.28. The molecule has 1 fully saturated rings. The summed E-state index contributed by atoms with van der Waals surface area (Å²) in [6.07, 6.45) is 0.234. The standard InChI is InChI=1S/C19H19BrN2O2/c1-12-6-5-8-16(13(12)2)21-19(24)14-10-18(23)22(11-14)17-9-4-3-7-15(17)20/h3-9,14H,10-11H2,1-2H3,(H,21,24). The van der Waals surface area contributed by atoms with Gasteiger partial charge in [-0.3, -0.25) is 9.59 Å². The first kappa shape index (κ1) is 16.7. The summed E-state index contributed by atoms with van der Waals surface area (Å²) >= 11 is 3.47. The van der Waals surface area contributed by atoms with Gasteiger partial charge in [-0.15, -0.1) is 0 Å². The number of hydrogen-bond acceptors (Lipinski definition) is 2. The fraction of sp³-hybridized carbons (Fsp3) is 0.263. The summed E-state index contributed by atoms with van der Waals surface area (Å²) in [5.74, 6) is -0.473. The molecule has 1 saturated heterocycles. The molecule has 0 spiro atoms. The third kappa shape index (κ3) is 3.22. The van der Waals surface area contributed by atoms with Crippen LogP contribution in [-0.2, 0) is 9.59 Å². The Balaban J connectivity index is 1.75. The summed E-state index contributed by atoms with van der Waals surface area (Å²) in [6.45, 7) is 4.40. The summed E-state index contributed by atoms with van der Waals surface area (Å²) < 4.78 is 0.855. The van der Waals surface area contributed by atoms with Gasteiger partial charge in [0.2, 0.25) is 11.8 Å². The highest BCUT2D eigenvalue weighted by Crippen LogP contribution is 2.32. The van der Waals surface area contributed by atoms with Crippen LogP contribution in [0.2, 0.25) is 0 Å². The number of nitrogens with zero attached hydrogens (tertiary/aromatic N) is 1. The molecule has 0 bridgehead atoms. The molecule has 1 atom stereocenters. The summed E-state index contributed by atoms with van der Waals surface area (Å²) in [5, 5.41) is 2.97. The second-order valence-electron chi connectivity index (χ2n) is 6.09. The van der Waals surface area contributed by atoms with Crippen molar-refractivity contribution < 1.29 is 9.59 Å². The molecule has 124 valence electrons. The average Bonchev–Trinajstić information content (AvgIpc) is 2.94. The zero-order valence-electron chi connectivity index (χ0n) is 13.7. The number of nitrogens with one attached hydrogen (secondary N) is 1. The number of carbonyl (C=O) groups is 2. The van der Waals surface area contributed by atoms with E-state index in [0.29, 0.717) is 6.54 Å². The minimum Gasteiger partial charge on any atom is -0.326 e. The summed E-state index contributed by atoms with van der Waals surface area (Å²) in [6, 6.07) is 13.4. The van der Waals surface area contributed by atoms with E-state index < -0.39 is 0 Å². The van der Waals surface area contributed by atoms with Crippen LogP contribution in [0.15, 0.2) is 46.9 Å². The van der Waals surface area contributed by atoms with Gasteiger partial charge in [0.15, 0.2) is 0 Å². The van der Waals surface area contributed by atoms with E-state index >= 15 is 0 Å². The van der Waals surface area contributed by atoms with Crippen molar-refractivity contribution in [2.75, 3.05) is 16.8 Å². The van der Waals surface area contributed by atoms with E-state index in [1.54, 1.807) is 4.90 Å². The maximum atomic E-state index is 12.6. The van der Waals surface area contributed by atoms with Gasteiger partial charge in [-0.25, -0.2) is 0 Å². The molecule has 2 aromatic carbocycles. The lowest BCUT2D eigenvalue weighted by molar-refractivity contribution is -0.122. The molecular formula is C19H19BrN2O2. The number of aryl methyl sites for hydroxylation is 1. The molecule has 0 radical (unpaired) electrons. The number of amides is 2. The van der Waals surface area contributed by atoms with Gasteiger partial charge in [0.1, 0.15) is 0 Å². The molecule has 4 nitrogen and oxygen atoms in total. The fourth-order valence-corrected chi connectivity index (χ4v) is 3.41. The minimum atomic E-state index is -0.343. The quantitative estimate of drug-likeness (QED) is 0.864. The zero-order valence-corrected chi connectivity index (χ0v) is 15.3. The first-order chi connectivity index (χ1) is 11.5. The van der Waals surface area contributed by atoms with Crippen molar-refractivity contribution in [2.45, 2.75) is 20.3 Å². The Hall–Kier alpha value is -2.14. The van der Waals surface area contributed by atoms with E-state index in [4.69, 9.17) is 0 Å². The Morgan fingerprint density at radius 2 is 1.92 bits per heavy atom. The maximum Gasteiger partial charge on any atom is 0.229 e. The number of rotatable bonds is 3. The van der Waals surface area contributed by atoms with Crippen molar-refractivity contribution in [3.05, 3.63) is 58.1 Å². The van der Waals surface area contributed by atoms with Gasteiger partial charge in [-0.05, 0) is 59.1 Å². The van der Waals surface area contributed by atoms with Gasteiger partial charge >= 0.3 is 0 Å². The topological polar surface area (TPSA) is 49.4 Å². The highest BCUT2D eigenvalue weighted by Gasteiger charge is 2.35. The lowest BCUT2D eigenvalue weighted by atomic mass is 10.1. The molecule has 0 aliphatic carbocycles. The molecule has 1 N–H and O–H groups in total. The number of anilines is 2.